The molecule has 0 saturated heterocycles. The zero-order valence-electron chi connectivity index (χ0n) is 13.8. The minimum atomic E-state index is -0.0691. The largest absolute Gasteiger partial charge is 0.311 e. The molecule has 0 saturated carbocycles. The van der Waals surface area contributed by atoms with Gasteiger partial charge in [0.1, 0.15) is 0 Å². The third kappa shape index (κ3) is 2.70. The predicted molar refractivity (Wildman–Crippen MR) is 91.8 cm³/mol. The number of hydrogen-bond donors (Lipinski definition) is 0. The maximum atomic E-state index is 12.8. The smallest absolute Gasteiger partial charge is 0.259 e. The molecule has 0 N–H and O–H groups in total. The van der Waals surface area contributed by atoms with Crippen molar-refractivity contribution in [1.82, 2.24) is 14.8 Å². The summed E-state index contributed by atoms with van der Waals surface area (Å²) in [5.74, 6) is -0.0691. The lowest BCUT2D eigenvalue weighted by Gasteiger charge is -2.18. The number of carbonyl (C=O) groups excluding carboxylic acids is 1. The number of fused-ring (bicyclic) bond motifs is 1. The summed E-state index contributed by atoms with van der Waals surface area (Å²) in [4.78, 5) is 19.1. The van der Waals surface area contributed by atoms with E-state index >= 15 is 0 Å². The highest BCUT2D eigenvalue weighted by Gasteiger charge is 2.19. The molecule has 2 heterocycles. The Hall–Kier alpha value is -2.69. The third-order valence-electron chi connectivity index (χ3n) is 3.93. The SMILES string of the molecule is Cc1nc2c(cnn2C(C)C)cc1C(=O)N(C)c1ccccc1. The Morgan fingerprint density at radius 3 is 2.57 bits per heavy atom. The Morgan fingerprint density at radius 1 is 1.22 bits per heavy atom. The van der Waals surface area contributed by atoms with E-state index in [9.17, 15) is 4.79 Å². The van der Waals surface area contributed by atoms with E-state index in [0.717, 1.165) is 16.7 Å². The monoisotopic (exact) mass is 308 g/mol. The molecule has 0 aliphatic heterocycles. The molecule has 0 aliphatic carbocycles. The van der Waals surface area contributed by atoms with Crippen LogP contribution in [0.1, 0.15) is 35.9 Å². The van der Waals surface area contributed by atoms with Crippen molar-refractivity contribution in [2.75, 3.05) is 11.9 Å². The van der Waals surface area contributed by atoms with E-state index in [4.69, 9.17) is 0 Å². The van der Waals surface area contributed by atoms with Gasteiger partial charge in [-0.3, -0.25) is 4.79 Å². The molecule has 2 aromatic heterocycles. The number of hydrogen-bond acceptors (Lipinski definition) is 3. The number of anilines is 1. The highest BCUT2D eigenvalue weighted by Crippen LogP contribution is 2.22. The highest BCUT2D eigenvalue weighted by atomic mass is 16.2. The zero-order chi connectivity index (χ0) is 16.6. The van der Waals surface area contributed by atoms with Gasteiger partial charge >= 0.3 is 0 Å². The molecule has 1 aromatic carbocycles. The highest BCUT2D eigenvalue weighted by molar-refractivity contribution is 6.07. The van der Waals surface area contributed by atoms with E-state index < -0.39 is 0 Å². The van der Waals surface area contributed by atoms with Crippen molar-refractivity contribution in [3.8, 4) is 0 Å². The predicted octanol–water partition coefficient (Wildman–Crippen LogP) is 3.60. The number of rotatable bonds is 3. The molecular weight excluding hydrogens is 288 g/mol. The van der Waals surface area contributed by atoms with Gasteiger partial charge in [0.2, 0.25) is 0 Å². The zero-order valence-corrected chi connectivity index (χ0v) is 13.8. The van der Waals surface area contributed by atoms with Gasteiger partial charge in [-0.2, -0.15) is 5.10 Å². The molecule has 3 rings (SSSR count). The van der Waals surface area contributed by atoms with Crippen LogP contribution in [-0.2, 0) is 0 Å². The number of amides is 1. The van der Waals surface area contributed by atoms with Gasteiger partial charge in [0.05, 0.1) is 17.5 Å². The lowest BCUT2D eigenvalue weighted by Crippen LogP contribution is -2.27. The number of pyridine rings is 1. The summed E-state index contributed by atoms with van der Waals surface area (Å²) >= 11 is 0. The van der Waals surface area contributed by atoms with E-state index in [1.165, 1.54) is 0 Å². The first-order valence-electron chi connectivity index (χ1n) is 7.67. The van der Waals surface area contributed by atoms with Gasteiger partial charge in [0.15, 0.2) is 5.65 Å². The quantitative estimate of drug-likeness (QED) is 0.743. The summed E-state index contributed by atoms with van der Waals surface area (Å²) in [6.07, 6.45) is 1.76. The number of aromatic nitrogens is 3. The van der Waals surface area contributed by atoms with Gasteiger partial charge in [-0.25, -0.2) is 9.67 Å². The van der Waals surface area contributed by atoms with E-state index in [2.05, 4.69) is 23.9 Å². The minimum absolute atomic E-state index is 0.0691. The number of aryl methyl sites for hydroxylation is 1. The van der Waals surface area contributed by atoms with Crippen LogP contribution in [0.3, 0.4) is 0 Å². The van der Waals surface area contributed by atoms with Gasteiger partial charge in [0, 0.05) is 24.2 Å². The molecule has 0 radical (unpaired) electrons. The second kappa shape index (κ2) is 5.83. The van der Waals surface area contributed by atoms with Crippen LogP contribution in [0.15, 0.2) is 42.6 Å². The Balaban J connectivity index is 2.03. The first-order valence-corrected chi connectivity index (χ1v) is 7.67. The molecule has 0 unspecified atom stereocenters. The van der Waals surface area contributed by atoms with Crippen molar-refractivity contribution < 1.29 is 4.79 Å². The Morgan fingerprint density at radius 2 is 1.91 bits per heavy atom. The molecule has 1 amide bonds. The molecule has 0 aliphatic rings. The molecule has 5 heteroatoms. The van der Waals surface area contributed by atoms with Crippen molar-refractivity contribution in [2.45, 2.75) is 26.8 Å². The van der Waals surface area contributed by atoms with Gasteiger partial charge in [-0.15, -0.1) is 0 Å². The normalized spacial score (nSPS) is 11.2. The van der Waals surface area contributed by atoms with E-state index in [1.807, 2.05) is 48.0 Å². The first-order chi connectivity index (χ1) is 11.0. The standard InChI is InChI=1S/C18H20N4O/c1-12(2)22-17-14(11-19-22)10-16(13(3)20-17)18(23)21(4)15-8-6-5-7-9-15/h5-12H,1-4H3. The van der Waals surface area contributed by atoms with E-state index in [1.54, 1.807) is 18.1 Å². The lowest BCUT2D eigenvalue weighted by molar-refractivity contribution is 0.0992. The summed E-state index contributed by atoms with van der Waals surface area (Å²) in [5, 5.41) is 5.25. The Bertz CT molecular complexity index is 852. The van der Waals surface area contributed by atoms with Crippen LogP contribution in [0.25, 0.3) is 11.0 Å². The van der Waals surface area contributed by atoms with Crippen LogP contribution < -0.4 is 4.90 Å². The van der Waals surface area contributed by atoms with Crippen LogP contribution in [0, 0.1) is 6.92 Å². The van der Waals surface area contributed by atoms with Crippen molar-refractivity contribution in [1.29, 1.82) is 0 Å². The maximum Gasteiger partial charge on any atom is 0.259 e. The average molecular weight is 308 g/mol. The average Bonchev–Trinajstić information content (AvgIpc) is 2.96. The maximum absolute atomic E-state index is 12.8. The van der Waals surface area contributed by atoms with E-state index in [0.29, 0.717) is 11.3 Å². The third-order valence-corrected chi connectivity index (χ3v) is 3.93. The lowest BCUT2D eigenvalue weighted by atomic mass is 10.1. The molecule has 0 bridgehead atoms. The summed E-state index contributed by atoms with van der Waals surface area (Å²) in [7, 11) is 1.78. The summed E-state index contributed by atoms with van der Waals surface area (Å²) in [6, 6.07) is 11.7. The number of nitrogens with zero attached hydrogens (tertiary/aromatic N) is 4. The van der Waals surface area contributed by atoms with Gasteiger partial charge < -0.3 is 4.90 Å². The number of para-hydroxylation sites is 1. The van der Waals surface area contributed by atoms with Crippen molar-refractivity contribution in [3.63, 3.8) is 0 Å². The molecule has 5 nitrogen and oxygen atoms in total. The van der Waals surface area contributed by atoms with Crippen LogP contribution in [0.4, 0.5) is 5.69 Å². The molecule has 0 atom stereocenters. The minimum Gasteiger partial charge on any atom is -0.311 e. The fraction of sp³-hybridized carbons (Fsp3) is 0.278. The summed E-state index contributed by atoms with van der Waals surface area (Å²) in [6.45, 7) is 5.99. The van der Waals surface area contributed by atoms with Gasteiger partial charge in [0.25, 0.3) is 5.91 Å². The van der Waals surface area contributed by atoms with Crippen LogP contribution in [0.5, 0.6) is 0 Å². The Labute approximate surface area is 135 Å². The molecular formula is C18H20N4O. The molecule has 3 aromatic rings. The second-order valence-corrected chi connectivity index (χ2v) is 5.92. The van der Waals surface area contributed by atoms with Crippen molar-refractivity contribution >= 4 is 22.6 Å². The Kier molecular flexibility index (Phi) is 3.86. The second-order valence-electron chi connectivity index (χ2n) is 5.92. The van der Waals surface area contributed by atoms with Crippen molar-refractivity contribution in [3.05, 3.63) is 53.9 Å². The molecule has 118 valence electrons. The number of carbonyl (C=O) groups is 1. The van der Waals surface area contributed by atoms with E-state index in [-0.39, 0.29) is 11.9 Å². The fourth-order valence-electron chi connectivity index (χ4n) is 2.61. The summed E-state index contributed by atoms with van der Waals surface area (Å²) < 4.78 is 1.87. The molecule has 23 heavy (non-hydrogen) atoms. The first kappa shape index (κ1) is 15.2. The van der Waals surface area contributed by atoms with Crippen LogP contribution >= 0.6 is 0 Å². The van der Waals surface area contributed by atoms with Crippen LogP contribution in [0.2, 0.25) is 0 Å². The molecule has 0 spiro atoms. The van der Waals surface area contributed by atoms with Crippen molar-refractivity contribution in [2.24, 2.45) is 0 Å². The van der Waals surface area contributed by atoms with Gasteiger partial charge in [-0.05, 0) is 39.0 Å². The number of benzene rings is 1. The summed E-state index contributed by atoms with van der Waals surface area (Å²) in [5.41, 5.74) is 2.99. The fourth-order valence-corrected chi connectivity index (χ4v) is 2.61. The molecule has 0 fully saturated rings. The van der Waals surface area contributed by atoms with Gasteiger partial charge in [-0.1, -0.05) is 18.2 Å². The topological polar surface area (TPSA) is 51.0 Å². The van der Waals surface area contributed by atoms with Crippen LogP contribution in [-0.4, -0.2) is 27.7 Å².